The number of amides is 1. The molecule has 1 atom stereocenters. The quantitative estimate of drug-likeness (QED) is 0.248. The van der Waals surface area contributed by atoms with E-state index in [-0.39, 0.29) is 23.5 Å². The number of esters is 1. The van der Waals surface area contributed by atoms with Gasteiger partial charge in [0.1, 0.15) is 6.04 Å². The minimum Gasteiger partial charge on any atom is -0.456 e. The van der Waals surface area contributed by atoms with Crippen LogP contribution in [0.15, 0.2) is 79.0 Å². The average molecular weight is 497 g/mol. The molecule has 3 aromatic carbocycles. The van der Waals surface area contributed by atoms with E-state index in [2.05, 4.69) is 31.1 Å². The van der Waals surface area contributed by atoms with E-state index >= 15 is 0 Å². The van der Waals surface area contributed by atoms with Gasteiger partial charge in [0, 0.05) is 34.6 Å². The minimum atomic E-state index is -0.972. The summed E-state index contributed by atoms with van der Waals surface area (Å²) in [5.74, 6) is -1.35. The maximum absolute atomic E-state index is 13.1. The van der Waals surface area contributed by atoms with Gasteiger partial charge in [0.15, 0.2) is 12.4 Å². The van der Waals surface area contributed by atoms with Crippen LogP contribution >= 0.6 is 0 Å². The molecule has 2 N–H and O–H groups in total. The zero-order valence-electron chi connectivity index (χ0n) is 21.6. The van der Waals surface area contributed by atoms with Crippen molar-refractivity contribution in [1.82, 2.24) is 10.3 Å². The third-order valence-corrected chi connectivity index (χ3v) is 6.42. The third-order valence-electron chi connectivity index (χ3n) is 6.42. The molecule has 6 nitrogen and oxygen atoms in total. The standard InChI is InChI=1S/C31H32N2O4/c1-20-9-11-21(12-10-20)28(34)19-37-30(36)27(17-23-18-32-26-8-6-5-7-25(23)26)33-29(35)22-13-15-24(16-14-22)31(2,3)4/h5-16,18,27,32H,17,19H2,1-4H3,(H,33,35)/t27-/m1/s1. The van der Waals surface area contributed by atoms with Gasteiger partial charge < -0.3 is 15.0 Å². The van der Waals surface area contributed by atoms with Crippen molar-refractivity contribution in [3.63, 3.8) is 0 Å². The number of para-hydroxylation sites is 1. The molecule has 0 aliphatic heterocycles. The lowest BCUT2D eigenvalue weighted by atomic mass is 9.86. The highest BCUT2D eigenvalue weighted by atomic mass is 16.5. The van der Waals surface area contributed by atoms with Crippen LogP contribution in [0.25, 0.3) is 10.9 Å². The van der Waals surface area contributed by atoms with Crippen molar-refractivity contribution in [2.24, 2.45) is 0 Å². The van der Waals surface area contributed by atoms with Gasteiger partial charge in [0.2, 0.25) is 0 Å². The predicted octanol–water partition coefficient (Wildman–Crippen LogP) is 5.54. The minimum absolute atomic E-state index is 0.0410. The fourth-order valence-electron chi connectivity index (χ4n) is 4.14. The van der Waals surface area contributed by atoms with Gasteiger partial charge in [-0.15, -0.1) is 0 Å². The molecule has 0 spiro atoms. The molecule has 4 aromatic rings. The Hall–Kier alpha value is -4.19. The summed E-state index contributed by atoms with van der Waals surface area (Å²) in [5.41, 5.74) is 4.81. The molecule has 0 saturated heterocycles. The van der Waals surface area contributed by atoms with Gasteiger partial charge in [-0.05, 0) is 41.7 Å². The number of carbonyl (C=O) groups excluding carboxylic acids is 3. The third kappa shape index (κ3) is 6.33. The molecule has 0 aliphatic rings. The molecule has 0 saturated carbocycles. The van der Waals surface area contributed by atoms with Crippen molar-refractivity contribution in [2.45, 2.75) is 45.6 Å². The zero-order valence-corrected chi connectivity index (χ0v) is 21.6. The first-order valence-corrected chi connectivity index (χ1v) is 12.3. The Morgan fingerprint density at radius 2 is 1.54 bits per heavy atom. The van der Waals surface area contributed by atoms with Crippen molar-refractivity contribution >= 4 is 28.6 Å². The van der Waals surface area contributed by atoms with Gasteiger partial charge in [-0.3, -0.25) is 9.59 Å². The highest BCUT2D eigenvalue weighted by Gasteiger charge is 2.26. The lowest BCUT2D eigenvalue weighted by Gasteiger charge is -2.20. The second kappa shape index (κ2) is 10.8. The van der Waals surface area contributed by atoms with Crippen LogP contribution in [0.4, 0.5) is 0 Å². The summed E-state index contributed by atoms with van der Waals surface area (Å²) >= 11 is 0. The summed E-state index contributed by atoms with van der Waals surface area (Å²) in [6.45, 7) is 7.85. The fourth-order valence-corrected chi connectivity index (χ4v) is 4.14. The summed E-state index contributed by atoms with van der Waals surface area (Å²) < 4.78 is 5.40. The molecular weight excluding hydrogens is 464 g/mol. The molecule has 4 rings (SSSR count). The fraction of sp³-hybridized carbons (Fsp3) is 0.258. The van der Waals surface area contributed by atoms with Gasteiger partial charge in [-0.1, -0.05) is 80.9 Å². The van der Waals surface area contributed by atoms with Gasteiger partial charge in [0.05, 0.1) is 0 Å². The Labute approximate surface area is 217 Å². The van der Waals surface area contributed by atoms with Crippen LogP contribution in [-0.4, -0.2) is 35.3 Å². The SMILES string of the molecule is Cc1ccc(C(=O)COC(=O)[C@@H](Cc2c[nH]c3ccccc23)NC(=O)c2ccc(C(C)(C)C)cc2)cc1. The van der Waals surface area contributed by atoms with Crippen LogP contribution < -0.4 is 5.32 Å². The first-order valence-electron chi connectivity index (χ1n) is 12.3. The molecular formula is C31H32N2O4. The zero-order chi connectivity index (χ0) is 26.6. The summed E-state index contributed by atoms with van der Waals surface area (Å²) in [6, 6.07) is 21.2. The molecule has 0 aliphatic carbocycles. The number of hydrogen-bond acceptors (Lipinski definition) is 4. The highest BCUT2D eigenvalue weighted by Crippen LogP contribution is 2.23. The molecule has 1 amide bonds. The number of hydrogen-bond donors (Lipinski definition) is 2. The van der Waals surface area contributed by atoms with E-state index in [9.17, 15) is 14.4 Å². The van der Waals surface area contributed by atoms with Crippen LogP contribution in [0.1, 0.15) is 58.2 Å². The van der Waals surface area contributed by atoms with Crippen molar-refractivity contribution < 1.29 is 19.1 Å². The molecule has 0 radical (unpaired) electrons. The Balaban J connectivity index is 1.52. The lowest BCUT2D eigenvalue weighted by Crippen LogP contribution is -2.43. The summed E-state index contributed by atoms with van der Waals surface area (Å²) in [4.78, 5) is 42.0. The smallest absolute Gasteiger partial charge is 0.329 e. The number of fused-ring (bicyclic) bond motifs is 1. The number of H-pyrrole nitrogens is 1. The maximum Gasteiger partial charge on any atom is 0.329 e. The van der Waals surface area contributed by atoms with Gasteiger partial charge >= 0.3 is 5.97 Å². The van der Waals surface area contributed by atoms with Crippen LogP contribution in [0.5, 0.6) is 0 Å². The van der Waals surface area contributed by atoms with Crippen LogP contribution in [0, 0.1) is 6.92 Å². The summed E-state index contributed by atoms with van der Waals surface area (Å²) in [7, 11) is 0. The second-order valence-electron chi connectivity index (χ2n) is 10.3. The Morgan fingerprint density at radius 1 is 0.892 bits per heavy atom. The Morgan fingerprint density at radius 3 is 2.22 bits per heavy atom. The normalized spacial score (nSPS) is 12.2. The first kappa shape index (κ1) is 25.9. The van der Waals surface area contributed by atoms with Gasteiger partial charge in [0.25, 0.3) is 5.91 Å². The summed E-state index contributed by atoms with van der Waals surface area (Å²) in [6.07, 6.45) is 2.04. The largest absolute Gasteiger partial charge is 0.456 e. The molecule has 6 heteroatoms. The second-order valence-corrected chi connectivity index (χ2v) is 10.3. The molecule has 1 heterocycles. The molecule has 1 aromatic heterocycles. The predicted molar refractivity (Wildman–Crippen MR) is 145 cm³/mol. The molecule has 0 unspecified atom stereocenters. The van der Waals surface area contributed by atoms with Crippen molar-refractivity contribution in [2.75, 3.05) is 6.61 Å². The van der Waals surface area contributed by atoms with Crippen LogP contribution in [0.3, 0.4) is 0 Å². The maximum atomic E-state index is 13.1. The van der Waals surface area contributed by atoms with Gasteiger partial charge in [-0.2, -0.15) is 0 Å². The van der Waals surface area contributed by atoms with Crippen LogP contribution in [0.2, 0.25) is 0 Å². The van der Waals surface area contributed by atoms with E-state index in [1.54, 1.807) is 24.3 Å². The Bertz CT molecular complexity index is 1410. The number of carbonyl (C=O) groups is 3. The number of ketones is 1. The summed E-state index contributed by atoms with van der Waals surface area (Å²) in [5, 5.41) is 3.78. The van der Waals surface area contributed by atoms with Crippen molar-refractivity contribution in [3.8, 4) is 0 Å². The highest BCUT2D eigenvalue weighted by molar-refractivity contribution is 5.99. The lowest BCUT2D eigenvalue weighted by molar-refractivity contribution is -0.144. The Kier molecular flexibility index (Phi) is 7.58. The van der Waals surface area contributed by atoms with E-state index in [1.807, 2.05) is 61.7 Å². The number of rotatable bonds is 8. The number of ether oxygens (including phenoxy) is 1. The average Bonchev–Trinajstić information content (AvgIpc) is 3.29. The molecule has 0 fully saturated rings. The van der Waals surface area contributed by atoms with E-state index in [0.717, 1.165) is 27.6 Å². The number of aromatic amines is 1. The topological polar surface area (TPSA) is 88.3 Å². The number of aromatic nitrogens is 1. The number of benzene rings is 3. The van der Waals surface area contributed by atoms with E-state index in [1.165, 1.54) is 0 Å². The molecule has 0 bridgehead atoms. The molecule has 190 valence electrons. The van der Waals surface area contributed by atoms with E-state index in [4.69, 9.17) is 4.74 Å². The monoisotopic (exact) mass is 496 g/mol. The number of Topliss-reactive ketones (excluding diaryl/α,β-unsaturated/α-hetero) is 1. The van der Waals surface area contributed by atoms with Crippen molar-refractivity contribution in [3.05, 3.63) is 107 Å². The molecule has 37 heavy (non-hydrogen) atoms. The number of nitrogens with one attached hydrogen (secondary N) is 2. The number of aryl methyl sites for hydroxylation is 1. The van der Waals surface area contributed by atoms with E-state index in [0.29, 0.717) is 11.1 Å². The van der Waals surface area contributed by atoms with E-state index < -0.39 is 18.6 Å². The van der Waals surface area contributed by atoms with Gasteiger partial charge in [-0.25, -0.2) is 4.79 Å². The van der Waals surface area contributed by atoms with Crippen molar-refractivity contribution in [1.29, 1.82) is 0 Å². The van der Waals surface area contributed by atoms with Crippen LogP contribution in [-0.2, 0) is 21.4 Å². The first-order chi connectivity index (χ1) is 17.6.